The van der Waals surface area contributed by atoms with Crippen molar-refractivity contribution >= 4 is 17.5 Å². The maximum atomic E-state index is 11.9. The summed E-state index contributed by atoms with van der Waals surface area (Å²) in [4.78, 5) is 23.4. The van der Waals surface area contributed by atoms with Crippen molar-refractivity contribution < 1.29 is 32.7 Å². The molecular formula is C8H6F3N3O5. The number of halogens is 3. The Hall–Kier alpha value is -2.59. The van der Waals surface area contributed by atoms with E-state index in [0.717, 1.165) is 0 Å². The summed E-state index contributed by atoms with van der Waals surface area (Å²) in [6.07, 6.45) is -4.71. The smallest absolute Gasteiger partial charge is 0.422 e. The van der Waals surface area contributed by atoms with Crippen molar-refractivity contribution in [2.75, 3.05) is 12.3 Å². The average molecular weight is 281 g/mol. The molecule has 0 unspecified atom stereocenters. The number of carbonyl (C=O) groups is 1. The molecule has 1 heterocycles. The first-order valence-corrected chi connectivity index (χ1v) is 4.49. The van der Waals surface area contributed by atoms with Crippen molar-refractivity contribution in [3.8, 4) is 5.88 Å². The molecule has 0 aromatic carbocycles. The number of aromatic nitrogens is 1. The lowest BCUT2D eigenvalue weighted by Gasteiger charge is -2.10. The Morgan fingerprint density at radius 3 is 2.58 bits per heavy atom. The highest BCUT2D eigenvalue weighted by atomic mass is 19.4. The standard InChI is InChI=1S/C8H6F3N3O5/c9-8(10,11)2-19-6-3(7(15)16)1-4(14(17)18)5(12)13-6/h1H,2H2,(H2,12,13)(H,15,16). The number of anilines is 1. The second-order valence-corrected chi connectivity index (χ2v) is 3.21. The van der Waals surface area contributed by atoms with Gasteiger partial charge in [0.15, 0.2) is 6.61 Å². The molecule has 0 fully saturated rings. The molecule has 0 aliphatic heterocycles. The number of pyridine rings is 1. The van der Waals surface area contributed by atoms with Crippen molar-refractivity contribution in [1.29, 1.82) is 0 Å². The zero-order valence-corrected chi connectivity index (χ0v) is 8.97. The van der Waals surface area contributed by atoms with Crippen LogP contribution < -0.4 is 10.5 Å². The van der Waals surface area contributed by atoms with E-state index in [1.807, 2.05) is 0 Å². The molecule has 1 aromatic heterocycles. The van der Waals surface area contributed by atoms with Crippen molar-refractivity contribution in [2.45, 2.75) is 6.18 Å². The number of carboxylic acids is 1. The minimum absolute atomic E-state index is 0.483. The van der Waals surface area contributed by atoms with E-state index in [9.17, 15) is 28.1 Å². The lowest BCUT2D eigenvalue weighted by Crippen LogP contribution is -2.21. The van der Waals surface area contributed by atoms with Crippen molar-refractivity contribution in [3.05, 3.63) is 21.7 Å². The summed E-state index contributed by atoms with van der Waals surface area (Å²) in [6.45, 7) is -1.79. The number of ether oxygens (including phenoxy) is 1. The number of hydrogen-bond acceptors (Lipinski definition) is 6. The zero-order chi connectivity index (χ0) is 14.8. The van der Waals surface area contributed by atoms with E-state index in [-0.39, 0.29) is 0 Å². The number of nitro groups is 1. The summed E-state index contributed by atoms with van der Waals surface area (Å²) in [5, 5.41) is 19.2. The molecule has 19 heavy (non-hydrogen) atoms. The number of nitrogens with two attached hydrogens (primary N) is 1. The molecule has 0 spiro atoms. The van der Waals surface area contributed by atoms with Gasteiger partial charge >= 0.3 is 17.8 Å². The van der Waals surface area contributed by atoms with Crippen LogP contribution in [-0.4, -0.2) is 33.8 Å². The van der Waals surface area contributed by atoms with Crippen LogP contribution in [0.4, 0.5) is 24.7 Å². The third-order valence-electron chi connectivity index (χ3n) is 1.80. The number of carboxylic acid groups (broad SMARTS) is 1. The quantitative estimate of drug-likeness (QED) is 0.626. The van der Waals surface area contributed by atoms with Crippen LogP contribution in [0.5, 0.6) is 5.88 Å². The molecular weight excluding hydrogens is 275 g/mol. The number of rotatable bonds is 4. The first kappa shape index (κ1) is 14.5. The van der Waals surface area contributed by atoms with Gasteiger partial charge in [0.25, 0.3) is 0 Å². The summed E-state index contributed by atoms with van der Waals surface area (Å²) in [5.74, 6) is -3.41. The predicted molar refractivity (Wildman–Crippen MR) is 53.8 cm³/mol. The number of nitrogens with zero attached hydrogens (tertiary/aromatic N) is 2. The van der Waals surface area contributed by atoms with Crippen molar-refractivity contribution in [3.63, 3.8) is 0 Å². The van der Waals surface area contributed by atoms with E-state index in [0.29, 0.717) is 6.07 Å². The topological polar surface area (TPSA) is 129 Å². The van der Waals surface area contributed by atoms with E-state index in [2.05, 4.69) is 9.72 Å². The van der Waals surface area contributed by atoms with Gasteiger partial charge in [-0.05, 0) is 0 Å². The third-order valence-corrected chi connectivity index (χ3v) is 1.80. The summed E-state index contributed by atoms with van der Waals surface area (Å²) >= 11 is 0. The van der Waals surface area contributed by atoms with Gasteiger partial charge in [-0.1, -0.05) is 0 Å². The second kappa shape index (κ2) is 4.96. The Morgan fingerprint density at radius 1 is 1.58 bits per heavy atom. The molecule has 0 bridgehead atoms. The van der Waals surface area contributed by atoms with Crippen LogP contribution in [0.15, 0.2) is 6.07 Å². The van der Waals surface area contributed by atoms with Crippen LogP contribution in [-0.2, 0) is 0 Å². The number of hydrogen-bond donors (Lipinski definition) is 2. The molecule has 8 nitrogen and oxygen atoms in total. The SMILES string of the molecule is Nc1nc(OCC(F)(F)F)c(C(=O)O)cc1[N+](=O)[O-]. The van der Waals surface area contributed by atoms with Crippen molar-refractivity contribution in [2.24, 2.45) is 0 Å². The highest BCUT2D eigenvalue weighted by molar-refractivity contribution is 5.91. The Kier molecular flexibility index (Phi) is 3.77. The predicted octanol–water partition coefficient (Wildman–Crippen LogP) is 1.21. The molecule has 0 aliphatic carbocycles. The van der Waals surface area contributed by atoms with Gasteiger partial charge in [-0.15, -0.1) is 0 Å². The molecule has 1 rings (SSSR count). The van der Waals surface area contributed by atoms with E-state index in [1.165, 1.54) is 0 Å². The van der Waals surface area contributed by atoms with Gasteiger partial charge in [-0.25, -0.2) is 4.79 Å². The number of nitrogen functional groups attached to an aromatic ring is 1. The van der Waals surface area contributed by atoms with Gasteiger partial charge in [0.2, 0.25) is 11.7 Å². The molecule has 11 heteroatoms. The van der Waals surface area contributed by atoms with Crippen molar-refractivity contribution in [1.82, 2.24) is 4.98 Å². The van der Waals surface area contributed by atoms with Crippen LogP contribution in [0.25, 0.3) is 0 Å². The summed E-state index contributed by atoms with van der Waals surface area (Å²) in [5.41, 5.74) is 3.40. The number of aromatic carboxylic acids is 1. The normalized spacial score (nSPS) is 11.1. The molecule has 3 N–H and O–H groups in total. The maximum Gasteiger partial charge on any atom is 0.422 e. The maximum absolute atomic E-state index is 11.9. The average Bonchev–Trinajstić information content (AvgIpc) is 2.24. The summed E-state index contributed by atoms with van der Waals surface area (Å²) in [7, 11) is 0. The van der Waals surface area contributed by atoms with E-state index < -0.39 is 46.6 Å². The van der Waals surface area contributed by atoms with Crippen LogP contribution in [0.1, 0.15) is 10.4 Å². The highest BCUT2D eigenvalue weighted by Crippen LogP contribution is 2.28. The Morgan fingerprint density at radius 2 is 2.16 bits per heavy atom. The fourth-order valence-electron chi connectivity index (χ4n) is 1.06. The zero-order valence-electron chi connectivity index (χ0n) is 8.97. The number of alkyl halides is 3. The molecule has 0 amide bonds. The minimum Gasteiger partial charge on any atom is -0.477 e. The van der Waals surface area contributed by atoms with E-state index in [1.54, 1.807) is 0 Å². The third kappa shape index (κ3) is 3.69. The Balaban J connectivity index is 3.20. The monoisotopic (exact) mass is 281 g/mol. The van der Waals surface area contributed by atoms with Gasteiger partial charge in [0.05, 0.1) is 4.92 Å². The second-order valence-electron chi connectivity index (χ2n) is 3.21. The lowest BCUT2D eigenvalue weighted by molar-refractivity contribution is -0.384. The largest absolute Gasteiger partial charge is 0.477 e. The van der Waals surface area contributed by atoms with Gasteiger partial charge in [-0.2, -0.15) is 18.2 Å². The van der Waals surface area contributed by atoms with Crippen LogP contribution >= 0.6 is 0 Å². The van der Waals surface area contributed by atoms with Crippen LogP contribution in [0.3, 0.4) is 0 Å². The fourth-order valence-corrected chi connectivity index (χ4v) is 1.06. The Labute approximate surface area is 102 Å². The molecule has 0 atom stereocenters. The molecule has 0 radical (unpaired) electrons. The lowest BCUT2D eigenvalue weighted by atomic mass is 10.2. The van der Waals surface area contributed by atoms with Gasteiger partial charge in [0.1, 0.15) is 5.56 Å². The van der Waals surface area contributed by atoms with Crippen LogP contribution in [0.2, 0.25) is 0 Å². The minimum atomic E-state index is -4.71. The fraction of sp³-hybridized carbons (Fsp3) is 0.250. The summed E-state index contributed by atoms with van der Waals surface area (Å²) < 4.78 is 40.0. The van der Waals surface area contributed by atoms with Gasteiger partial charge in [0, 0.05) is 6.07 Å². The van der Waals surface area contributed by atoms with E-state index in [4.69, 9.17) is 10.8 Å². The Bertz CT molecular complexity index is 531. The van der Waals surface area contributed by atoms with E-state index >= 15 is 0 Å². The molecule has 1 aromatic rings. The van der Waals surface area contributed by atoms with Gasteiger partial charge < -0.3 is 15.6 Å². The van der Waals surface area contributed by atoms with Crippen LogP contribution in [0, 0.1) is 10.1 Å². The highest BCUT2D eigenvalue weighted by Gasteiger charge is 2.31. The molecule has 0 saturated heterocycles. The molecule has 0 aliphatic rings. The molecule has 104 valence electrons. The first-order valence-electron chi connectivity index (χ1n) is 4.49. The first-order chi connectivity index (χ1) is 8.61. The molecule has 0 saturated carbocycles. The van der Waals surface area contributed by atoms with Gasteiger partial charge in [-0.3, -0.25) is 10.1 Å². The summed E-state index contributed by atoms with van der Waals surface area (Å²) in [6, 6.07) is 0.483.